The van der Waals surface area contributed by atoms with E-state index in [0.29, 0.717) is 24.2 Å². The van der Waals surface area contributed by atoms with Gasteiger partial charge in [-0.05, 0) is 31.4 Å². The third kappa shape index (κ3) is 2.88. The molecule has 1 saturated carbocycles. The summed E-state index contributed by atoms with van der Waals surface area (Å²) in [7, 11) is -3.69. The Kier molecular flexibility index (Phi) is 3.98. The summed E-state index contributed by atoms with van der Waals surface area (Å²) < 4.78 is 31.8. The quantitative estimate of drug-likeness (QED) is 0.890. The minimum atomic E-state index is -3.69. The van der Waals surface area contributed by atoms with Crippen molar-refractivity contribution in [2.45, 2.75) is 61.7 Å². The third-order valence-corrected chi connectivity index (χ3v) is 6.89. The lowest BCUT2D eigenvalue weighted by Gasteiger charge is -2.13. The van der Waals surface area contributed by atoms with Crippen LogP contribution in [0.1, 0.15) is 45.9 Å². The van der Waals surface area contributed by atoms with Crippen LogP contribution in [0.25, 0.3) is 11.1 Å². The number of fused-ring (bicyclic) bond motifs is 1. The molecule has 0 amide bonds. The summed E-state index contributed by atoms with van der Waals surface area (Å²) in [6.07, 6.45) is 0.569. The Morgan fingerprint density at radius 1 is 1.30 bits per heavy atom. The van der Waals surface area contributed by atoms with Gasteiger partial charge in [0.05, 0.1) is 16.4 Å². The number of rotatable bonds is 2. The van der Waals surface area contributed by atoms with Gasteiger partial charge in [-0.15, -0.1) is 0 Å². The van der Waals surface area contributed by atoms with Crippen molar-refractivity contribution in [2.75, 3.05) is 0 Å². The zero-order valence-electron chi connectivity index (χ0n) is 13.3. The second-order valence-electron chi connectivity index (χ2n) is 7.13. The Balaban J connectivity index is 2.20. The molecule has 0 bridgehead atoms. The Labute approximate surface area is 140 Å². The molecule has 0 saturated heterocycles. The molecule has 1 fully saturated rings. The largest absolute Gasteiger partial charge is 0.439 e. The van der Waals surface area contributed by atoms with E-state index in [0.717, 1.165) is 0 Å². The van der Waals surface area contributed by atoms with Crippen molar-refractivity contribution in [1.82, 2.24) is 4.98 Å². The van der Waals surface area contributed by atoms with Gasteiger partial charge in [0.2, 0.25) is 5.89 Å². The van der Waals surface area contributed by atoms with Crippen LogP contribution in [-0.4, -0.2) is 29.9 Å². The summed E-state index contributed by atoms with van der Waals surface area (Å²) in [5.41, 5.74) is 0.357. The molecule has 0 unspecified atom stereocenters. The van der Waals surface area contributed by atoms with Gasteiger partial charge in [0, 0.05) is 5.41 Å². The van der Waals surface area contributed by atoms with Crippen LogP contribution in [0.2, 0.25) is 5.02 Å². The van der Waals surface area contributed by atoms with E-state index >= 15 is 0 Å². The molecule has 23 heavy (non-hydrogen) atoms. The first-order valence-electron chi connectivity index (χ1n) is 7.62. The molecule has 5 nitrogen and oxygen atoms in total. The monoisotopic (exact) mass is 357 g/mol. The standard InChI is InChI=1S/C16H20ClNO4S/c1-16(2,3)15-18-12-7-6-11(17)14(13(12)22-15)23(20,21)10-5-4-9(19)8-10/h6-7,9-10,19H,4-5,8H2,1-3H3/t9-,10-/m0/s1. The number of hydrogen-bond acceptors (Lipinski definition) is 5. The molecule has 1 aromatic heterocycles. The van der Waals surface area contributed by atoms with E-state index in [9.17, 15) is 13.5 Å². The molecule has 2 aromatic rings. The molecule has 3 rings (SSSR count). The fraction of sp³-hybridized carbons (Fsp3) is 0.562. The number of aromatic nitrogens is 1. The number of nitrogens with zero attached hydrogens (tertiary/aromatic N) is 1. The maximum atomic E-state index is 13.0. The number of benzene rings is 1. The van der Waals surface area contributed by atoms with Crippen LogP contribution in [0.3, 0.4) is 0 Å². The molecule has 1 N–H and O–H groups in total. The van der Waals surface area contributed by atoms with Crippen molar-refractivity contribution < 1.29 is 17.9 Å². The van der Waals surface area contributed by atoms with Crippen molar-refractivity contribution in [1.29, 1.82) is 0 Å². The van der Waals surface area contributed by atoms with E-state index in [-0.39, 0.29) is 27.3 Å². The number of sulfone groups is 1. The minimum Gasteiger partial charge on any atom is -0.439 e. The number of hydrogen-bond donors (Lipinski definition) is 1. The molecule has 1 aliphatic carbocycles. The number of aliphatic hydroxyl groups excluding tert-OH is 1. The SMILES string of the molecule is CC(C)(C)c1nc2ccc(Cl)c(S(=O)(=O)[C@H]3CC[C@H](O)C3)c2o1. The lowest BCUT2D eigenvalue weighted by Crippen LogP contribution is -2.20. The minimum absolute atomic E-state index is 0.00114. The Hall–Kier alpha value is -1.11. The van der Waals surface area contributed by atoms with Gasteiger partial charge in [-0.1, -0.05) is 32.4 Å². The Morgan fingerprint density at radius 2 is 2.00 bits per heavy atom. The second kappa shape index (κ2) is 5.46. The van der Waals surface area contributed by atoms with Gasteiger partial charge in [0.1, 0.15) is 10.4 Å². The summed E-state index contributed by atoms with van der Waals surface area (Å²) in [4.78, 5) is 4.40. The smallest absolute Gasteiger partial charge is 0.200 e. The average Bonchev–Trinajstić information content (AvgIpc) is 3.03. The average molecular weight is 358 g/mol. The topological polar surface area (TPSA) is 80.4 Å². The molecular formula is C16H20ClNO4S. The van der Waals surface area contributed by atoms with Crippen molar-refractivity contribution >= 4 is 32.5 Å². The van der Waals surface area contributed by atoms with E-state index in [1.54, 1.807) is 6.07 Å². The highest BCUT2D eigenvalue weighted by Gasteiger charge is 2.38. The predicted molar refractivity (Wildman–Crippen MR) is 88.6 cm³/mol. The van der Waals surface area contributed by atoms with Crippen LogP contribution >= 0.6 is 11.6 Å². The van der Waals surface area contributed by atoms with E-state index < -0.39 is 21.2 Å². The molecule has 0 radical (unpaired) electrons. The molecule has 2 atom stereocenters. The first kappa shape index (κ1) is 16.7. The molecule has 1 aromatic carbocycles. The number of aliphatic hydroxyl groups is 1. The number of oxazole rings is 1. The fourth-order valence-electron chi connectivity index (χ4n) is 2.90. The van der Waals surface area contributed by atoms with Crippen LogP contribution in [0.4, 0.5) is 0 Å². The molecule has 7 heteroatoms. The van der Waals surface area contributed by atoms with Gasteiger partial charge in [0.15, 0.2) is 15.4 Å². The van der Waals surface area contributed by atoms with E-state index in [1.165, 1.54) is 6.07 Å². The zero-order chi connectivity index (χ0) is 17.0. The molecule has 1 aliphatic rings. The Morgan fingerprint density at radius 3 is 2.57 bits per heavy atom. The van der Waals surface area contributed by atoms with Crippen LogP contribution in [0, 0.1) is 0 Å². The van der Waals surface area contributed by atoms with Crippen LogP contribution in [0.5, 0.6) is 0 Å². The van der Waals surface area contributed by atoms with Crippen molar-refractivity contribution in [3.05, 3.63) is 23.0 Å². The summed E-state index contributed by atoms with van der Waals surface area (Å²) in [5, 5.41) is 9.17. The molecule has 126 valence electrons. The van der Waals surface area contributed by atoms with Crippen molar-refractivity contribution in [2.24, 2.45) is 0 Å². The highest BCUT2D eigenvalue weighted by molar-refractivity contribution is 7.92. The summed E-state index contributed by atoms with van der Waals surface area (Å²) in [6, 6.07) is 3.20. The van der Waals surface area contributed by atoms with E-state index in [4.69, 9.17) is 16.0 Å². The van der Waals surface area contributed by atoms with Crippen LogP contribution < -0.4 is 0 Å². The first-order valence-corrected chi connectivity index (χ1v) is 9.54. The summed E-state index contributed by atoms with van der Waals surface area (Å²) in [5.74, 6) is 0.470. The summed E-state index contributed by atoms with van der Waals surface area (Å²) >= 11 is 6.20. The summed E-state index contributed by atoms with van der Waals surface area (Å²) in [6.45, 7) is 5.84. The van der Waals surface area contributed by atoms with Crippen LogP contribution in [0.15, 0.2) is 21.4 Å². The van der Waals surface area contributed by atoms with Gasteiger partial charge in [0.25, 0.3) is 0 Å². The predicted octanol–water partition coefficient (Wildman–Crippen LogP) is 3.47. The molecule has 0 aliphatic heterocycles. The highest BCUT2D eigenvalue weighted by Crippen LogP contribution is 2.38. The van der Waals surface area contributed by atoms with Gasteiger partial charge >= 0.3 is 0 Å². The maximum absolute atomic E-state index is 13.0. The molecule has 1 heterocycles. The first-order chi connectivity index (χ1) is 10.6. The maximum Gasteiger partial charge on any atom is 0.200 e. The van der Waals surface area contributed by atoms with E-state index in [2.05, 4.69) is 4.98 Å². The Bertz CT molecular complexity index is 851. The zero-order valence-corrected chi connectivity index (χ0v) is 14.9. The van der Waals surface area contributed by atoms with Crippen LogP contribution in [-0.2, 0) is 15.3 Å². The van der Waals surface area contributed by atoms with Gasteiger partial charge in [-0.25, -0.2) is 13.4 Å². The van der Waals surface area contributed by atoms with Gasteiger partial charge < -0.3 is 9.52 Å². The third-order valence-electron chi connectivity index (χ3n) is 4.19. The molecular weight excluding hydrogens is 338 g/mol. The lowest BCUT2D eigenvalue weighted by atomic mass is 9.97. The normalized spacial score (nSPS) is 22.8. The van der Waals surface area contributed by atoms with Gasteiger partial charge in [-0.3, -0.25) is 0 Å². The van der Waals surface area contributed by atoms with Crippen molar-refractivity contribution in [3.8, 4) is 0 Å². The van der Waals surface area contributed by atoms with Crippen molar-refractivity contribution in [3.63, 3.8) is 0 Å². The second-order valence-corrected chi connectivity index (χ2v) is 9.70. The fourth-order valence-corrected chi connectivity index (χ4v) is 5.37. The van der Waals surface area contributed by atoms with Gasteiger partial charge in [-0.2, -0.15) is 0 Å². The van der Waals surface area contributed by atoms with E-state index in [1.807, 2.05) is 20.8 Å². The number of halogens is 1. The highest BCUT2D eigenvalue weighted by atomic mass is 35.5. The molecule has 0 spiro atoms. The lowest BCUT2D eigenvalue weighted by molar-refractivity contribution is 0.183.